The normalized spacial score (nSPS) is 15.3. The highest BCUT2D eigenvalue weighted by Gasteiger charge is 2.19. The standard InChI is InChI=1S/C30H57N3O3/c1-22(19-28(4,5)6)13-16-34-25-31-26(35-17-14-23(2)20-29(7,8)9)33-27(32-25)36-18-15-24(3)21-30(10,11)12/h22-24H,13-21H2,1-12H3. The van der Waals surface area contributed by atoms with Crippen LogP contribution in [0.15, 0.2) is 0 Å². The van der Waals surface area contributed by atoms with Crippen molar-refractivity contribution in [3.05, 3.63) is 0 Å². The molecule has 1 aromatic rings. The van der Waals surface area contributed by atoms with Gasteiger partial charge in [0.25, 0.3) is 0 Å². The fourth-order valence-electron chi connectivity index (χ4n) is 5.01. The lowest BCUT2D eigenvalue weighted by Gasteiger charge is -2.23. The third kappa shape index (κ3) is 17.0. The fourth-order valence-corrected chi connectivity index (χ4v) is 5.01. The van der Waals surface area contributed by atoms with Crippen molar-refractivity contribution in [2.45, 2.75) is 122 Å². The molecule has 0 N–H and O–H groups in total. The molecule has 0 bridgehead atoms. The summed E-state index contributed by atoms with van der Waals surface area (Å²) in [6.07, 6.45) is 6.29. The zero-order valence-electron chi connectivity index (χ0n) is 25.7. The summed E-state index contributed by atoms with van der Waals surface area (Å²) in [7, 11) is 0. The van der Waals surface area contributed by atoms with E-state index in [4.69, 9.17) is 14.2 Å². The molecule has 3 atom stereocenters. The van der Waals surface area contributed by atoms with Gasteiger partial charge in [0.2, 0.25) is 0 Å². The van der Waals surface area contributed by atoms with Crippen LogP contribution in [0.5, 0.6) is 18.0 Å². The van der Waals surface area contributed by atoms with Gasteiger partial charge in [0, 0.05) is 0 Å². The van der Waals surface area contributed by atoms with E-state index in [0.717, 1.165) is 38.5 Å². The van der Waals surface area contributed by atoms with Crippen molar-refractivity contribution in [2.24, 2.45) is 34.0 Å². The quantitative estimate of drug-likeness (QED) is 0.237. The highest BCUT2D eigenvalue weighted by Crippen LogP contribution is 2.28. The van der Waals surface area contributed by atoms with Gasteiger partial charge in [0.1, 0.15) is 0 Å². The molecule has 1 aromatic heterocycles. The molecule has 6 nitrogen and oxygen atoms in total. The molecule has 0 aromatic carbocycles. The Kier molecular flexibility index (Phi) is 13.0. The molecule has 0 radical (unpaired) electrons. The smallest absolute Gasteiger partial charge is 0.325 e. The minimum absolute atomic E-state index is 0.281. The highest BCUT2D eigenvalue weighted by atomic mass is 16.5. The largest absolute Gasteiger partial charge is 0.463 e. The molecule has 1 rings (SSSR count). The summed E-state index contributed by atoms with van der Waals surface area (Å²) >= 11 is 0. The Labute approximate surface area is 222 Å². The average Bonchev–Trinajstić information content (AvgIpc) is 2.63. The predicted molar refractivity (Wildman–Crippen MR) is 150 cm³/mol. The van der Waals surface area contributed by atoms with Gasteiger partial charge < -0.3 is 14.2 Å². The first-order valence-electron chi connectivity index (χ1n) is 14.1. The van der Waals surface area contributed by atoms with Gasteiger partial charge in [-0.25, -0.2) is 0 Å². The zero-order valence-corrected chi connectivity index (χ0v) is 25.7. The summed E-state index contributed by atoms with van der Waals surface area (Å²) in [5.74, 6) is 1.69. The minimum Gasteiger partial charge on any atom is -0.463 e. The molecular formula is C30H57N3O3. The van der Waals surface area contributed by atoms with Crippen molar-refractivity contribution in [3.8, 4) is 18.0 Å². The number of ether oxygens (including phenoxy) is 3. The fraction of sp³-hybridized carbons (Fsp3) is 0.900. The monoisotopic (exact) mass is 507 g/mol. The SMILES string of the molecule is CC(CCOc1nc(OCCC(C)CC(C)(C)C)nc(OCCC(C)CC(C)(C)C)n1)CC(C)(C)C. The maximum Gasteiger partial charge on any atom is 0.325 e. The van der Waals surface area contributed by atoms with Crippen molar-refractivity contribution in [2.75, 3.05) is 19.8 Å². The van der Waals surface area contributed by atoms with E-state index in [9.17, 15) is 0 Å². The molecule has 0 aliphatic carbocycles. The van der Waals surface area contributed by atoms with E-state index in [1.165, 1.54) is 0 Å². The van der Waals surface area contributed by atoms with Gasteiger partial charge >= 0.3 is 18.0 Å². The van der Waals surface area contributed by atoms with Crippen LogP contribution in [0.4, 0.5) is 0 Å². The molecule has 0 aliphatic rings. The summed E-state index contributed by atoms with van der Waals surface area (Å²) in [6.45, 7) is 28.9. The van der Waals surface area contributed by atoms with E-state index in [1.807, 2.05) is 0 Å². The topological polar surface area (TPSA) is 66.4 Å². The van der Waals surface area contributed by atoms with Crippen LogP contribution in [0, 0.1) is 34.0 Å². The molecule has 0 amide bonds. The number of hydrogen-bond donors (Lipinski definition) is 0. The van der Waals surface area contributed by atoms with Crippen molar-refractivity contribution >= 4 is 0 Å². The molecule has 0 spiro atoms. The van der Waals surface area contributed by atoms with Crippen LogP contribution in [0.3, 0.4) is 0 Å². The second-order valence-electron chi connectivity index (χ2n) is 14.7. The van der Waals surface area contributed by atoms with Crippen molar-refractivity contribution in [1.82, 2.24) is 15.0 Å². The summed E-state index contributed by atoms with van der Waals surface area (Å²) in [4.78, 5) is 13.3. The number of hydrogen-bond acceptors (Lipinski definition) is 6. The van der Waals surface area contributed by atoms with Gasteiger partial charge in [-0.3, -0.25) is 0 Å². The van der Waals surface area contributed by atoms with Crippen molar-refractivity contribution in [1.29, 1.82) is 0 Å². The molecule has 0 aliphatic heterocycles. The van der Waals surface area contributed by atoms with E-state index in [1.54, 1.807) is 0 Å². The summed E-state index contributed by atoms with van der Waals surface area (Å²) < 4.78 is 17.8. The van der Waals surface area contributed by atoms with Gasteiger partial charge in [-0.1, -0.05) is 83.1 Å². The van der Waals surface area contributed by atoms with E-state index < -0.39 is 0 Å². The maximum atomic E-state index is 5.94. The van der Waals surface area contributed by atoms with Crippen LogP contribution in [-0.2, 0) is 0 Å². The van der Waals surface area contributed by atoms with Gasteiger partial charge in [0.15, 0.2) is 0 Å². The molecule has 0 saturated heterocycles. The van der Waals surface area contributed by atoms with Gasteiger partial charge in [-0.2, -0.15) is 0 Å². The van der Waals surface area contributed by atoms with E-state index in [-0.39, 0.29) is 18.0 Å². The third-order valence-corrected chi connectivity index (χ3v) is 5.98. The molecule has 1 heterocycles. The lowest BCUT2D eigenvalue weighted by Crippen LogP contribution is -2.16. The first-order valence-corrected chi connectivity index (χ1v) is 14.1. The minimum atomic E-state index is 0.281. The second kappa shape index (κ2) is 14.4. The Balaban J connectivity index is 2.76. The van der Waals surface area contributed by atoms with Crippen LogP contribution in [0.25, 0.3) is 0 Å². The molecule has 6 heteroatoms. The Morgan fingerprint density at radius 1 is 0.472 bits per heavy atom. The first kappa shape index (κ1) is 32.4. The van der Waals surface area contributed by atoms with Crippen LogP contribution < -0.4 is 14.2 Å². The maximum absolute atomic E-state index is 5.94. The van der Waals surface area contributed by atoms with Gasteiger partial charge in [-0.05, 0) is 72.5 Å². The number of nitrogens with zero attached hydrogens (tertiary/aromatic N) is 3. The Bertz CT molecular complexity index is 635. The van der Waals surface area contributed by atoms with Crippen LogP contribution in [0.1, 0.15) is 122 Å². The predicted octanol–water partition coefficient (Wildman–Crippen LogP) is 8.40. The van der Waals surface area contributed by atoms with Crippen LogP contribution in [0.2, 0.25) is 0 Å². The van der Waals surface area contributed by atoms with E-state index in [0.29, 0.717) is 53.8 Å². The summed E-state index contributed by atoms with van der Waals surface area (Å²) in [5.41, 5.74) is 0.925. The van der Waals surface area contributed by atoms with Gasteiger partial charge in [-0.15, -0.1) is 15.0 Å². The zero-order chi connectivity index (χ0) is 27.6. The third-order valence-electron chi connectivity index (χ3n) is 5.98. The Morgan fingerprint density at radius 2 is 0.694 bits per heavy atom. The Morgan fingerprint density at radius 3 is 0.889 bits per heavy atom. The highest BCUT2D eigenvalue weighted by molar-refractivity contribution is 5.09. The summed E-state index contributed by atoms with van der Waals surface area (Å²) in [6, 6.07) is 0.843. The van der Waals surface area contributed by atoms with Crippen LogP contribution >= 0.6 is 0 Å². The first-order chi connectivity index (χ1) is 16.4. The van der Waals surface area contributed by atoms with Crippen molar-refractivity contribution in [3.63, 3.8) is 0 Å². The Hall–Kier alpha value is -1.59. The molecular weight excluding hydrogens is 450 g/mol. The van der Waals surface area contributed by atoms with E-state index >= 15 is 0 Å². The van der Waals surface area contributed by atoms with Gasteiger partial charge in [0.05, 0.1) is 19.8 Å². The molecule has 36 heavy (non-hydrogen) atoms. The lowest BCUT2D eigenvalue weighted by atomic mass is 9.84. The number of aromatic nitrogens is 3. The van der Waals surface area contributed by atoms with Crippen molar-refractivity contribution < 1.29 is 14.2 Å². The van der Waals surface area contributed by atoms with E-state index in [2.05, 4.69) is 98.0 Å². The summed E-state index contributed by atoms with van der Waals surface area (Å²) in [5, 5.41) is 0. The second-order valence-corrected chi connectivity index (χ2v) is 14.7. The molecule has 210 valence electrons. The van der Waals surface area contributed by atoms with Crippen LogP contribution in [-0.4, -0.2) is 34.8 Å². The number of rotatable bonds is 15. The molecule has 0 fully saturated rings. The lowest BCUT2D eigenvalue weighted by molar-refractivity contribution is 0.197. The average molecular weight is 508 g/mol. The molecule has 0 saturated carbocycles. The molecule has 3 unspecified atom stereocenters.